The summed E-state index contributed by atoms with van der Waals surface area (Å²) in [6.45, 7) is 1.96. The number of hydrogen-bond acceptors (Lipinski definition) is 0. The van der Waals surface area contributed by atoms with Gasteiger partial charge in [-0.3, -0.25) is 0 Å². The van der Waals surface area contributed by atoms with Crippen molar-refractivity contribution in [2.45, 2.75) is 36.0 Å². The van der Waals surface area contributed by atoms with Gasteiger partial charge in [0.2, 0.25) is 0 Å². The Kier molecular flexibility index (Phi) is 4.46. The predicted molar refractivity (Wildman–Crippen MR) is 40.9 cm³/mol. The summed E-state index contributed by atoms with van der Waals surface area (Å²) in [7, 11) is 0. The summed E-state index contributed by atoms with van der Waals surface area (Å²) in [5.74, 6) is 0. The van der Waals surface area contributed by atoms with Crippen molar-refractivity contribution in [2.24, 2.45) is 0 Å². The van der Waals surface area contributed by atoms with Crippen molar-refractivity contribution in [3.63, 3.8) is 0 Å². The molecule has 0 saturated heterocycles. The van der Waals surface area contributed by atoms with Crippen LogP contribution in [0.25, 0.3) is 0 Å². The molecule has 0 rings (SSSR count). The summed E-state index contributed by atoms with van der Waals surface area (Å²) in [6, 6.07) is 0. The van der Waals surface area contributed by atoms with E-state index in [4.69, 9.17) is 0 Å². The Balaban J connectivity index is 6.20. The van der Waals surface area contributed by atoms with Gasteiger partial charge in [-0.15, -0.1) is 0 Å². The van der Waals surface area contributed by atoms with Crippen LogP contribution in [0.2, 0.25) is 0 Å². The number of alkyl halides is 12. The van der Waals surface area contributed by atoms with Crippen LogP contribution in [0.1, 0.15) is 0 Å². The van der Waals surface area contributed by atoms with Crippen LogP contribution in [0, 0.1) is 0 Å². The Bertz CT molecular complexity index is 345. The van der Waals surface area contributed by atoms with Crippen molar-refractivity contribution in [1.29, 1.82) is 0 Å². The normalized spacial score (nSPS) is 19.4. The van der Waals surface area contributed by atoms with Gasteiger partial charge in [-0.05, 0) is 6.08 Å². The van der Waals surface area contributed by atoms with Crippen molar-refractivity contribution in [1.82, 2.24) is 0 Å². The second-order valence-corrected chi connectivity index (χ2v) is 3.54. The zero-order valence-electron chi connectivity index (χ0n) is 8.90. The quantitative estimate of drug-likeness (QED) is 0.524. The summed E-state index contributed by atoms with van der Waals surface area (Å²) >= 11 is 0. The molecule has 0 amide bonds. The van der Waals surface area contributed by atoms with E-state index in [0.717, 1.165) is 0 Å². The maximum Gasteiger partial charge on any atom is 0.434 e. The number of rotatable bonds is 3. The van der Waals surface area contributed by atoms with Crippen molar-refractivity contribution < 1.29 is 52.7 Å². The first-order chi connectivity index (χ1) is 8.47. The standard InChI is InChI=1S/C8H4F12/c1-2-4(10,6(12,13)14)3(9)5(11,7(15,16)17)8(18,19)20/h2-3H,1H2. The minimum atomic E-state index is -7.17. The smallest absolute Gasteiger partial charge is 0.239 e. The molecule has 0 aliphatic carbocycles. The van der Waals surface area contributed by atoms with Gasteiger partial charge in [0.05, 0.1) is 0 Å². The van der Waals surface area contributed by atoms with Gasteiger partial charge in [0.15, 0.2) is 6.17 Å². The molecule has 0 fully saturated rings. The average molecular weight is 328 g/mol. The first kappa shape index (κ1) is 18.9. The lowest BCUT2D eigenvalue weighted by molar-refractivity contribution is -0.377. The first-order valence-electron chi connectivity index (χ1n) is 4.32. The molecule has 12 heteroatoms. The fourth-order valence-electron chi connectivity index (χ4n) is 1.10. The molecule has 0 heterocycles. The zero-order valence-corrected chi connectivity index (χ0v) is 8.90. The lowest BCUT2D eigenvalue weighted by Gasteiger charge is -2.38. The molecule has 0 saturated carbocycles. The van der Waals surface area contributed by atoms with Crippen LogP contribution in [0.15, 0.2) is 12.7 Å². The molecular weight excluding hydrogens is 324 g/mol. The van der Waals surface area contributed by atoms with Crippen LogP contribution < -0.4 is 0 Å². The van der Waals surface area contributed by atoms with Crippen molar-refractivity contribution in [3.8, 4) is 0 Å². The Hall–Kier alpha value is -1.10. The molecule has 120 valence electrons. The third-order valence-corrected chi connectivity index (χ3v) is 2.27. The molecule has 0 N–H and O–H groups in total. The predicted octanol–water partition coefficient (Wildman–Crippen LogP) is 4.61. The molecule has 0 aromatic heterocycles. The Morgan fingerprint density at radius 2 is 0.950 bits per heavy atom. The van der Waals surface area contributed by atoms with Gasteiger partial charge in [0.1, 0.15) is 0 Å². The molecule has 0 aliphatic heterocycles. The Labute approximate surface area is 103 Å². The highest BCUT2D eigenvalue weighted by Gasteiger charge is 2.83. The topological polar surface area (TPSA) is 0 Å². The molecule has 20 heavy (non-hydrogen) atoms. The van der Waals surface area contributed by atoms with E-state index in [2.05, 4.69) is 0 Å². The summed E-state index contributed by atoms with van der Waals surface area (Å²) in [4.78, 5) is 0. The minimum absolute atomic E-state index is 1.20. The van der Waals surface area contributed by atoms with Crippen LogP contribution in [0.5, 0.6) is 0 Å². The molecule has 2 atom stereocenters. The number of halogens is 12. The van der Waals surface area contributed by atoms with Gasteiger partial charge >= 0.3 is 24.2 Å². The van der Waals surface area contributed by atoms with E-state index in [-0.39, 0.29) is 0 Å². The summed E-state index contributed by atoms with van der Waals surface area (Å²) in [5.41, 5.74) is -12.9. The molecule has 0 radical (unpaired) electrons. The summed E-state index contributed by atoms with van der Waals surface area (Å²) in [6.07, 6.45) is -27.8. The highest BCUT2D eigenvalue weighted by atomic mass is 19.4. The van der Waals surface area contributed by atoms with Crippen molar-refractivity contribution in [3.05, 3.63) is 12.7 Å². The second kappa shape index (κ2) is 4.72. The van der Waals surface area contributed by atoms with Gasteiger partial charge in [-0.2, -0.15) is 39.5 Å². The fourth-order valence-corrected chi connectivity index (χ4v) is 1.10. The van der Waals surface area contributed by atoms with Crippen LogP contribution in [0.4, 0.5) is 52.7 Å². The van der Waals surface area contributed by atoms with E-state index in [0.29, 0.717) is 0 Å². The van der Waals surface area contributed by atoms with E-state index in [1.807, 2.05) is 6.58 Å². The van der Waals surface area contributed by atoms with Gasteiger partial charge in [0, 0.05) is 0 Å². The van der Waals surface area contributed by atoms with E-state index in [1.54, 1.807) is 0 Å². The average Bonchev–Trinajstić information content (AvgIpc) is 2.20. The van der Waals surface area contributed by atoms with Crippen LogP contribution in [-0.2, 0) is 0 Å². The van der Waals surface area contributed by atoms with Crippen molar-refractivity contribution >= 4 is 0 Å². The second-order valence-electron chi connectivity index (χ2n) is 3.54. The van der Waals surface area contributed by atoms with E-state index < -0.39 is 42.1 Å². The molecule has 0 spiro atoms. The lowest BCUT2D eigenvalue weighted by atomic mass is 9.85. The van der Waals surface area contributed by atoms with Gasteiger partial charge in [-0.25, -0.2) is 13.2 Å². The molecule has 0 nitrogen and oxygen atoms in total. The van der Waals surface area contributed by atoms with Gasteiger partial charge in [0.25, 0.3) is 5.67 Å². The zero-order chi connectivity index (χ0) is 16.8. The van der Waals surface area contributed by atoms with Crippen LogP contribution >= 0.6 is 0 Å². The minimum Gasteiger partial charge on any atom is -0.239 e. The summed E-state index contributed by atoms with van der Waals surface area (Å²) in [5, 5.41) is 0. The monoisotopic (exact) mass is 328 g/mol. The highest BCUT2D eigenvalue weighted by Crippen LogP contribution is 2.55. The first-order valence-corrected chi connectivity index (χ1v) is 4.32. The summed E-state index contributed by atoms with van der Waals surface area (Å²) < 4.78 is 147. The molecule has 0 aromatic carbocycles. The molecular formula is C8H4F12. The van der Waals surface area contributed by atoms with Crippen molar-refractivity contribution in [2.75, 3.05) is 0 Å². The fraction of sp³-hybridized carbons (Fsp3) is 0.750. The molecule has 0 aromatic rings. The third kappa shape index (κ3) is 2.55. The van der Waals surface area contributed by atoms with E-state index >= 15 is 0 Å². The molecule has 0 bridgehead atoms. The van der Waals surface area contributed by atoms with E-state index in [1.165, 1.54) is 0 Å². The largest absolute Gasteiger partial charge is 0.434 e. The van der Waals surface area contributed by atoms with Gasteiger partial charge < -0.3 is 0 Å². The third-order valence-electron chi connectivity index (χ3n) is 2.27. The Morgan fingerprint density at radius 1 is 0.650 bits per heavy atom. The number of allylic oxidation sites excluding steroid dienone is 1. The van der Waals surface area contributed by atoms with Crippen LogP contribution in [-0.4, -0.2) is 36.0 Å². The highest BCUT2D eigenvalue weighted by molar-refractivity contribution is 5.17. The Morgan fingerprint density at radius 3 is 1.10 bits per heavy atom. The van der Waals surface area contributed by atoms with Gasteiger partial charge in [-0.1, -0.05) is 6.58 Å². The lowest BCUT2D eigenvalue weighted by Crippen LogP contribution is -2.67. The van der Waals surface area contributed by atoms with Crippen LogP contribution in [0.3, 0.4) is 0 Å². The SMILES string of the molecule is C=CC(F)(C(F)C(F)(C(F)(F)F)C(F)(F)F)C(F)(F)F. The van der Waals surface area contributed by atoms with E-state index in [9.17, 15) is 52.7 Å². The number of hydrogen-bond donors (Lipinski definition) is 0. The molecule has 0 aliphatic rings. The molecule has 2 unspecified atom stereocenters. The maximum atomic E-state index is 13.1. The maximum absolute atomic E-state index is 13.1.